The molecule has 1 N–H and O–H groups in total. The zero-order valence-electron chi connectivity index (χ0n) is 12.4. The first-order chi connectivity index (χ1) is 11.1. The molecular formula is C17H16Cl3NO2. The molecule has 0 radical (unpaired) electrons. The second-order valence-corrected chi connectivity index (χ2v) is 6.55. The molecule has 0 fully saturated rings. The van der Waals surface area contributed by atoms with Crippen LogP contribution in [0.3, 0.4) is 0 Å². The van der Waals surface area contributed by atoms with E-state index in [1.54, 1.807) is 6.07 Å². The first kappa shape index (κ1) is 16.7. The van der Waals surface area contributed by atoms with Crippen LogP contribution in [0.25, 0.3) is 0 Å². The van der Waals surface area contributed by atoms with Gasteiger partial charge in [-0.15, -0.1) is 0 Å². The van der Waals surface area contributed by atoms with Crippen molar-refractivity contribution in [3.8, 4) is 11.5 Å². The Morgan fingerprint density at radius 3 is 2.57 bits per heavy atom. The molecule has 0 aromatic heterocycles. The lowest BCUT2D eigenvalue weighted by atomic mass is 10.2. The summed E-state index contributed by atoms with van der Waals surface area (Å²) in [4.78, 5) is 0. The molecule has 1 aliphatic rings. The third-order valence-corrected chi connectivity index (χ3v) is 4.39. The van der Waals surface area contributed by atoms with Crippen LogP contribution in [0.1, 0.15) is 17.5 Å². The first-order valence-corrected chi connectivity index (χ1v) is 8.49. The summed E-state index contributed by atoms with van der Waals surface area (Å²) in [5.74, 6) is 1.34. The summed E-state index contributed by atoms with van der Waals surface area (Å²) in [6.45, 7) is 2.55. The second-order valence-electron chi connectivity index (χ2n) is 5.29. The standard InChI is InChI=1S/C17H16Cl3NO2/c18-13-3-2-12(14(19)8-13)10-21-9-11-6-15(20)17-16(7-11)22-4-1-5-23-17/h2-3,6-8,21H,1,4-5,9-10H2. The van der Waals surface area contributed by atoms with E-state index in [9.17, 15) is 0 Å². The zero-order chi connectivity index (χ0) is 16.2. The van der Waals surface area contributed by atoms with Gasteiger partial charge in [-0.25, -0.2) is 0 Å². The second kappa shape index (κ2) is 7.63. The molecule has 6 heteroatoms. The van der Waals surface area contributed by atoms with E-state index in [2.05, 4.69) is 5.32 Å². The molecule has 23 heavy (non-hydrogen) atoms. The van der Waals surface area contributed by atoms with Crippen molar-refractivity contribution in [1.82, 2.24) is 5.32 Å². The summed E-state index contributed by atoms with van der Waals surface area (Å²) >= 11 is 18.4. The van der Waals surface area contributed by atoms with Gasteiger partial charge in [0.15, 0.2) is 11.5 Å². The highest BCUT2D eigenvalue weighted by molar-refractivity contribution is 6.35. The van der Waals surface area contributed by atoms with Gasteiger partial charge in [-0.2, -0.15) is 0 Å². The summed E-state index contributed by atoms with van der Waals surface area (Å²) in [7, 11) is 0. The molecule has 0 spiro atoms. The number of nitrogens with one attached hydrogen (secondary N) is 1. The normalized spacial score (nSPS) is 13.7. The van der Waals surface area contributed by atoms with E-state index in [1.807, 2.05) is 24.3 Å². The van der Waals surface area contributed by atoms with Crippen molar-refractivity contribution in [1.29, 1.82) is 0 Å². The van der Waals surface area contributed by atoms with Gasteiger partial charge in [0.05, 0.1) is 18.2 Å². The Bertz CT molecular complexity index is 706. The van der Waals surface area contributed by atoms with Crippen LogP contribution in [0.15, 0.2) is 30.3 Å². The van der Waals surface area contributed by atoms with Crippen molar-refractivity contribution >= 4 is 34.8 Å². The molecule has 3 rings (SSSR count). The number of fused-ring (bicyclic) bond motifs is 1. The van der Waals surface area contributed by atoms with Crippen LogP contribution in [-0.2, 0) is 13.1 Å². The van der Waals surface area contributed by atoms with Crippen molar-refractivity contribution in [2.24, 2.45) is 0 Å². The van der Waals surface area contributed by atoms with E-state index in [4.69, 9.17) is 44.3 Å². The summed E-state index contributed by atoms with van der Waals surface area (Å²) in [6.07, 6.45) is 0.855. The molecule has 0 atom stereocenters. The SMILES string of the molecule is Clc1ccc(CNCc2cc(Cl)c3c(c2)OCCCO3)c(Cl)c1. The maximum absolute atomic E-state index is 6.29. The summed E-state index contributed by atoms with van der Waals surface area (Å²) in [6, 6.07) is 9.34. The Morgan fingerprint density at radius 1 is 0.913 bits per heavy atom. The van der Waals surface area contributed by atoms with Crippen LogP contribution < -0.4 is 14.8 Å². The van der Waals surface area contributed by atoms with Crippen LogP contribution >= 0.6 is 34.8 Å². The van der Waals surface area contributed by atoms with E-state index in [-0.39, 0.29) is 0 Å². The highest BCUT2D eigenvalue weighted by Gasteiger charge is 2.15. The van der Waals surface area contributed by atoms with Gasteiger partial charge in [-0.3, -0.25) is 0 Å². The lowest BCUT2D eigenvalue weighted by molar-refractivity contribution is 0.297. The maximum atomic E-state index is 6.29. The Hall–Kier alpha value is -1.13. The molecule has 0 bridgehead atoms. The predicted molar refractivity (Wildman–Crippen MR) is 94.1 cm³/mol. The molecule has 1 aliphatic heterocycles. The van der Waals surface area contributed by atoms with Gasteiger partial charge in [-0.05, 0) is 35.4 Å². The van der Waals surface area contributed by atoms with Gasteiger partial charge < -0.3 is 14.8 Å². The van der Waals surface area contributed by atoms with Gasteiger partial charge >= 0.3 is 0 Å². The first-order valence-electron chi connectivity index (χ1n) is 7.36. The minimum Gasteiger partial charge on any atom is -0.489 e. The smallest absolute Gasteiger partial charge is 0.179 e. The molecule has 2 aromatic carbocycles. The molecule has 0 unspecified atom stereocenters. The molecule has 0 saturated carbocycles. The fourth-order valence-electron chi connectivity index (χ4n) is 2.39. The van der Waals surface area contributed by atoms with E-state index in [1.165, 1.54) is 0 Å². The lowest BCUT2D eigenvalue weighted by Crippen LogP contribution is -2.13. The van der Waals surface area contributed by atoms with Crippen molar-refractivity contribution in [2.45, 2.75) is 19.5 Å². The number of hydrogen-bond donors (Lipinski definition) is 1. The van der Waals surface area contributed by atoms with Crippen LogP contribution in [0.4, 0.5) is 0 Å². The Balaban J connectivity index is 1.66. The lowest BCUT2D eigenvalue weighted by Gasteiger charge is -2.12. The molecule has 3 nitrogen and oxygen atoms in total. The summed E-state index contributed by atoms with van der Waals surface area (Å²) in [5, 5.41) is 5.21. The molecule has 2 aromatic rings. The Labute approximate surface area is 150 Å². The highest BCUT2D eigenvalue weighted by atomic mass is 35.5. The van der Waals surface area contributed by atoms with Gasteiger partial charge in [0.1, 0.15) is 0 Å². The fourth-order valence-corrected chi connectivity index (χ4v) is 3.16. The molecule has 0 aliphatic carbocycles. The van der Waals surface area contributed by atoms with Crippen LogP contribution in [0, 0.1) is 0 Å². The number of halogens is 3. The number of ether oxygens (including phenoxy) is 2. The van der Waals surface area contributed by atoms with Gasteiger partial charge in [0.25, 0.3) is 0 Å². The van der Waals surface area contributed by atoms with Crippen molar-refractivity contribution in [2.75, 3.05) is 13.2 Å². The van der Waals surface area contributed by atoms with Crippen LogP contribution in [0.2, 0.25) is 15.1 Å². The number of rotatable bonds is 4. The Kier molecular flexibility index (Phi) is 5.54. The number of benzene rings is 2. The third kappa shape index (κ3) is 4.24. The molecule has 1 heterocycles. The fraction of sp³-hybridized carbons (Fsp3) is 0.294. The van der Waals surface area contributed by atoms with E-state index >= 15 is 0 Å². The van der Waals surface area contributed by atoms with Gasteiger partial charge in [0.2, 0.25) is 0 Å². The predicted octanol–water partition coefficient (Wildman–Crippen LogP) is 5.10. The number of hydrogen-bond acceptors (Lipinski definition) is 3. The summed E-state index contributed by atoms with van der Waals surface area (Å²) < 4.78 is 11.3. The van der Waals surface area contributed by atoms with E-state index in [0.717, 1.165) is 17.5 Å². The monoisotopic (exact) mass is 371 g/mol. The van der Waals surface area contributed by atoms with Gasteiger partial charge in [-0.1, -0.05) is 40.9 Å². The van der Waals surface area contributed by atoms with Gasteiger partial charge in [0, 0.05) is 29.6 Å². The highest BCUT2D eigenvalue weighted by Crippen LogP contribution is 2.38. The van der Waals surface area contributed by atoms with Crippen LogP contribution in [-0.4, -0.2) is 13.2 Å². The quantitative estimate of drug-likeness (QED) is 0.810. The molecule has 0 saturated heterocycles. The Morgan fingerprint density at radius 2 is 1.74 bits per heavy atom. The molecule has 122 valence electrons. The summed E-state index contributed by atoms with van der Waals surface area (Å²) in [5.41, 5.74) is 2.03. The third-order valence-electron chi connectivity index (χ3n) is 3.52. The average molecular weight is 373 g/mol. The minimum atomic E-state index is 0.575. The largest absolute Gasteiger partial charge is 0.489 e. The molecular weight excluding hydrogens is 357 g/mol. The molecule has 0 amide bonds. The minimum absolute atomic E-state index is 0.575. The average Bonchev–Trinajstić information content (AvgIpc) is 2.75. The van der Waals surface area contributed by atoms with Crippen LogP contribution in [0.5, 0.6) is 11.5 Å². The van der Waals surface area contributed by atoms with E-state index < -0.39 is 0 Å². The zero-order valence-corrected chi connectivity index (χ0v) is 14.6. The topological polar surface area (TPSA) is 30.5 Å². The maximum Gasteiger partial charge on any atom is 0.179 e. The van der Waals surface area contributed by atoms with Crippen molar-refractivity contribution < 1.29 is 9.47 Å². The van der Waals surface area contributed by atoms with E-state index in [0.29, 0.717) is 52.9 Å². The van der Waals surface area contributed by atoms with Crippen molar-refractivity contribution in [3.63, 3.8) is 0 Å². The van der Waals surface area contributed by atoms with Crippen molar-refractivity contribution in [3.05, 3.63) is 56.5 Å².